The molecule has 0 spiro atoms. The van der Waals surface area contributed by atoms with Gasteiger partial charge in [-0.15, -0.1) is 0 Å². The van der Waals surface area contributed by atoms with Crippen LogP contribution < -0.4 is 10.2 Å². The summed E-state index contributed by atoms with van der Waals surface area (Å²) >= 11 is 6.25. The van der Waals surface area contributed by atoms with Crippen LogP contribution in [0.2, 0.25) is 5.02 Å². The number of aromatic nitrogens is 1. The summed E-state index contributed by atoms with van der Waals surface area (Å²) < 4.78 is 5.43. The Morgan fingerprint density at radius 1 is 1.27 bits per heavy atom. The zero-order valence-electron chi connectivity index (χ0n) is 15.7. The molecule has 2 fully saturated rings. The standard InChI is InChI=1S/C19H29ClN4O2/c1-14(2)18(22-15-4-11-26-12-5-15)19(25)24-9-7-23(8-10-24)17-3-6-21-13-16(17)20/h3,6,13-15,18,22H,4-5,7-12H2,1-2H3. The van der Waals surface area contributed by atoms with Gasteiger partial charge in [-0.1, -0.05) is 25.4 Å². The zero-order valence-corrected chi connectivity index (χ0v) is 16.4. The summed E-state index contributed by atoms with van der Waals surface area (Å²) in [6.45, 7) is 8.80. The molecule has 3 rings (SSSR count). The van der Waals surface area contributed by atoms with Gasteiger partial charge in [0.25, 0.3) is 0 Å². The number of piperazine rings is 1. The summed E-state index contributed by atoms with van der Waals surface area (Å²) in [4.78, 5) is 21.4. The van der Waals surface area contributed by atoms with E-state index in [0.717, 1.165) is 57.9 Å². The van der Waals surface area contributed by atoms with Crippen molar-refractivity contribution in [2.24, 2.45) is 5.92 Å². The molecule has 1 atom stereocenters. The number of anilines is 1. The lowest BCUT2D eigenvalue weighted by molar-refractivity contribution is -0.135. The van der Waals surface area contributed by atoms with Crippen LogP contribution in [0.4, 0.5) is 5.69 Å². The molecule has 1 unspecified atom stereocenters. The fraction of sp³-hybridized carbons (Fsp3) is 0.684. The molecule has 2 saturated heterocycles. The van der Waals surface area contributed by atoms with Crippen molar-refractivity contribution in [2.45, 2.75) is 38.8 Å². The lowest BCUT2D eigenvalue weighted by Gasteiger charge is -2.39. The van der Waals surface area contributed by atoms with Gasteiger partial charge < -0.3 is 19.9 Å². The number of halogens is 1. The number of rotatable bonds is 5. The van der Waals surface area contributed by atoms with Crippen molar-refractivity contribution in [3.63, 3.8) is 0 Å². The second-order valence-electron chi connectivity index (χ2n) is 7.41. The third-order valence-corrected chi connectivity index (χ3v) is 5.54. The van der Waals surface area contributed by atoms with Crippen molar-refractivity contribution in [2.75, 3.05) is 44.3 Å². The molecular weight excluding hydrogens is 352 g/mol. The largest absolute Gasteiger partial charge is 0.381 e. The maximum atomic E-state index is 13.1. The Hall–Kier alpha value is -1.37. The van der Waals surface area contributed by atoms with Crippen molar-refractivity contribution in [1.29, 1.82) is 0 Å². The molecule has 1 amide bonds. The van der Waals surface area contributed by atoms with E-state index in [2.05, 4.69) is 29.0 Å². The number of nitrogens with zero attached hydrogens (tertiary/aromatic N) is 3. The van der Waals surface area contributed by atoms with E-state index in [9.17, 15) is 4.79 Å². The van der Waals surface area contributed by atoms with E-state index in [-0.39, 0.29) is 17.9 Å². The summed E-state index contributed by atoms with van der Waals surface area (Å²) in [6.07, 6.45) is 5.38. The normalized spacial score (nSPS) is 20.5. The van der Waals surface area contributed by atoms with Crippen molar-refractivity contribution in [1.82, 2.24) is 15.2 Å². The number of pyridine rings is 1. The average Bonchev–Trinajstić information content (AvgIpc) is 2.67. The number of ether oxygens (including phenoxy) is 1. The van der Waals surface area contributed by atoms with Gasteiger partial charge in [0.15, 0.2) is 0 Å². The van der Waals surface area contributed by atoms with Gasteiger partial charge in [-0.3, -0.25) is 9.78 Å². The summed E-state index contributed by atoms with van der Waals surface area (Å²) in [5.41, 5.74) is 0.995. The molecule has 2 aliphatic rings. The Labute approximate surface area is 160 Å². The topological polar surface area (TPSA) is 57.7 Å². The third kappa shape index (κ3) is 4.67. The lowest BCUT2D eigenvalue weighted by Crippen LogP contribution is -2.57. The van der Waals surface area contributed by atoms with Crippen molar-refractivity contribution >= 4 is 23.2 Å². The number of carbonyl (C=O) groups excluding carboxylic acids is 1. The molecule has 0 aliphatic carbocycles. The zero-order chi connectivity index (χ0) is 18.5. The van der Waals surface area contributed by atoms with E-state index in [1.165, 1.54) is 0 Å². The van der Waals surface area contributed by atoms with Gasteiger partial charge in [-0.05, 0) is 24.8 Å². The van der Waals surface area contributed by atoms with Crippen LogP contribution in [0, 0.1) is 5.92 Å². The molecule has 2 aliphatic heterocycles. The van der Waals surface area contributed by atoms with Crippen LogP contribution in [0.15, 0.2) is 18.5 Å². The van der Waals surface area contributed by atoms with Gasteiger partial charge >= 0.3 is 0 Å². The number of carbonyl (C=O) groups is 1. The summed E-state index contributed by atoms with van der Waals surface area (Å²) in [5.74, 6) is 0.477. The van der Waals surface area contributed by atoms with Crippen molar-refractivity contribution in [3.8, 4) is 0 Å². The van der Waals surface area contributed by atoms with Gasteiger partial charge in [0, 0.05) is 57.8 Å². The maximum absolute atomic E-state index is 13.1. The Bertz CT molecular complexity index is 599. The van der Waals surface area contributed by atoms with E-state index in [0.29, 0.717) is 11.1 Å². The predicted molar refractivity (Wildman–Crippen MR) is 104 cm³/mol. The maximum Gasteiger partial charge on any atom is 0.240 e. The quantitative estimate of drug-likeness (QED) is 0.848. The lowest BCUT2D eigenvalue weighted by atomic mass is 9.99. The molecule has 144 valence electrons. The molecule has 0 radical (unpaired) electrons. The minimum Gasteiger partial charge on any atom is -0.381 e. The van der Waals surface area contributed by atoms with Gasteiger partial charge in [0.2, 0.25) is 5.91 Å². The van der Waals surface area contributed by atoms with E-state index in [1.54, 1.807) is 12.4 Å². The average molecular weight is 381 g/mol. The van der Waals surface area contributed by atoms with Crippen LogP contribution in [-0.4, -0.2) is 67.3 Å². The highest BCUT2D eigenvalue weighted by Crippen LogP contribution is 2.25. The Balaban J connectivity index is 1.58. The summed E-state index contributed by atoms with van der Waals surface area (Å²) in [7, 11) is 0. The molecule has 1 aromatic heterocycles. The molecule has 1 N–H and O–H groups in total. The van der Waals surface area contributed by atoms with E-state index < -0.39 is 0 Å². The first-order chi connectivity index (χ1) is 12.6. The van der Waals surface area contributed by atoms with E-state index in [1.807, 2.05) is 11.0 Å². The highest BCUT2D eigenvalue weighted by atomic mass is 35.5. The predicted octanol–water partition coefficient (Wildman–Crippen LogP) is 2.18. The van der Waals surface area contributed by atoms with E-state index in [4.69, 9.17) is 16.3 Å². The van der Waals surface area contributed by atoms with Gasteiger partial charge in [0.1, 0.15) is 0 Å². The number of nitrogens with one attached hydrogen (secondary N) is 1. The number of hydrogen-bond donors (Lipinski definition) is 1. The number of amides is 1. The van der Waals surface area contributed by atoms with Gasteiger partial charge in [-0.25, -0.2) is 0 Å². The van der Waals surface area contributed by atoms with Crippen LogP contribution in [-0.2, 0) is 9.53 Å². The van der Waals surface area contributed by atoms with Crippen LogP contribution >= 0.6 is 11.6 Å². The third-order valence-electron chi connectivity index (χ3n) is 5.25. The Morgan fingerprint density at radius 3 is 2.58 bits per heavy atom. The fourth-order valence-corrected chi connectivity index (χ4v) is 3.89. The molecule has 0 bridgehead atoms. The molecule has 26 heavy (non-hydrogen) atoms. The Kier molecular flexibility index (Phi) is 6.73. The first-order valence-corrected chi connectivity index (χ1v) is 9.91. The summed E-state index contributed by atoms with van der Waals surface area (Å²) in [5, 5.41) is 4.25. The van der Waals surface area contributed by atoms with E-state index >= 15 is 0 Å². The second kappa shape index (κ2) is 9.02. The molecule has 0 saturated carbocycles. The van der Waals surface area contributed by atoms with Crippen LogP contribution in [0.5, 0.6) is 0 Å². The van der Waals surface area contributed by atoms with Crippen LogP contribution in [0.1, 0.15) is 26.7 Å². The molecule has 0 aromatic carbocycles. The first-order valence-electron chi connectivity index (χ1n) is 9.53. The summed E-state index contributed by atoms with van der Waals surface area (Å²) in [6, 6.07) is 2.18. The monoisotopic (exact) mass is 380 g/mol. The van der Waals surface area contributed by atoms with Gasteiger partial charge in [-0.2, -0.15) is 0 Å². The molecule has 7 heteroatoms. The highest BCUT2D eigenvalue weighted by Gasteiger charge is 2.31. The van der Waals surface area contributed by atoms with Crippen LogP contribution in [0.3, 0.4) is 0 Å². The molecule has 6 nitrogen and oxygen atoms in total. The van der Waals surface area contributed by atoms with Crippen molar-refractivity contribution < 1.29 is 9.53 Å². The minimum atomic E-state index is -0.130. The Morgan fingerprint density at radius 2 is 1.96 bits per heavy atom. The molecular formula is C19H29ClN4O2. The molecule has 1 aromatic rings. The molecule has 3 heterocycles. The smallest absolute Gasteiger partial charge is 0.240 e. The number of hydrogen-bond acceptors (Lipinski definition) is 5. The second-order valence-corrected chi connectivity index (χ2v) is 7.82. The van der Waals surface area contributed by atoms with Gasteiger partial charge in [0.05, 0.1) is 16.8 Å². The first kappa shape index (κ1) is 19.4. The highest BCUT2D eigenvalue weighted by molar-refractivity contribution is 6.33. The SMILES string of the molecule is CC(C)C(NC1CCOCC1)C(=O)N1CCN(c2ccncc2Cl)CC1. The fourth-order valence-electron chi connectivity index (χ4n) is 3.66. The minimum absolute atomic E-state index is 0.130. The van der Waals surface area contributed by atoms with Crippen LogP contribution in [0.25, 0.3) is 0 Å². The van der Waals surface area contributed by atoms with Crippen molar-refractivity contribution in [3.05, 3.63) is 23.5 Å².